The molecule has 0 spiro atoms. The third kappa shape index (κ3) is 37.6. The maximum atomic E-state index is 12.3. The maximum absolute atomic E-state index is 12.3. The Hall–Kier alpha value is -1.21. The second-order valence-electron chi connectivity index (χ2n) is 13.6. The summed E-state index contributed by atoms with van der Waals surface area (Å²) in [7, 11) is -4.74. The Balaban J connectivity index is 3.81. The first kappa shape index (κ1) is 46.8. The van der Waals surface area contributed by atoms with E-state index in [0.717, 1.165) is 38.5 Å². The van der Waals surface area contributed by atoms with Crippen molar-refractivity contribution in [1.82, 2.24) is 0 Å². The quantitative estimate of drug-likeness (QED) is 0.0284. The van der Waals surface area contributed by atoms with Gasteiger partial charge in [0.05, 0.1) is 6.61 Å². The van der Waals surface area contributed by atoms with Gasteiger partial charge in [0.2, 0.25) is 0 Å². The number of allylic oxidation sites excluding steroid dienone is 2. The third-order valence-electron chi connectivity index (χ3n) is 8.78. The van der Waals surface area contributed by atoms with Crippen molar-refractivity contribution in [2.45, 2.75) is 213 Å². The lowest BCUT2D eigenvalue weighted by Gasteiger charge is -2.18. The zero-order chi connectivity index (χ0) is 35.4. The number of phosphoric ester groups is 1. The van der Waals surface area contributed by atoms with Gasteiger partial charge in [-0.05, 0) is 38.5 Å². The highest BCUT2D eigenvalue weighted by Crippen LogP contribution is 2.36. The van der Waals surface area contributed by atoms with E-state index in [4.69, 9.17) is 19.3 Å². The molecule has 2 N–H and O–H groups in total. The smallest absolute Gasteiger partial charge is 0.462 e. The molecule has 0 aromatic rings. The number of esters is 2. The van der Waals surface area contributed by atoms with Crippen LogP contribution in [0.3, 0.4) is 0 Å². The highest BCUT2D eigenvalue weighted by molar-refractivity contribution is 7.46. The fourth-order valence-electron chi connectivity index (χ4n) is 5.78. The summed E-state index contributed by atoms with van der Waals surface area (Å²) >= 11 is 0. The fourth-order valence-corrected chi connectivity index (χ4v) is 6.14. The number of carbonyl (C=O) groups excluding carboxylic acids is 2. The van der Waals surface area contributed by atoms with Crippen molar-refractivity contribution in [3.05, 3.63) is 12.2 Å². The predicted octanol–water partition coefficient (Wildman–Crippen LogP) is 11.8. The van der Waals surface area contributed by atoms with Crippen molar-refractivity contribution in [2.75, 3.05) is 13.2 Å². The molecule has 0 aromatic carbocycles. The molecule has 0 heterocycles. The topological polar surface area (TPSA) is 119 Å². The van der Waals surface area contributed by atoms with Gasteiger partial charge in [-0.3, -0.25) is 14.1 Å². The third-order valence-corrected chi connectivity index (χ3v) is 9.27. The molecule has 0 aromatic heterocycles. The molecule has 0 radical (unpaired) electrons. The second kappa shape index (κ2) is 35.6. The van der Waals surface area contributed by atoms with Crippen LogP contribution in [0.4, 0.5) is 0 Å². The second-order valence-corrected chi connectivity index (χ2v) is 14.9. The Labute approximate surface area is 295 Å². The van der Waals surface area contributed by atoms with Gasteiger partial charge in [-0.1, -0.05) is 167 Å². The summed E-state index contributed by atoms with van der Waals surface area (Å²) in [4.78, 5) is 42.6. The van der Waals surface area contributed by atoms with Crippen molar-refractivity contribution < 1.29 is 37.9 Å². The van der Waals surface area contributed by atoms with E-state index in [-0.39, 0.29) is 19.4 Å². The van der Waals surface area contributed by atoms with Crippen molar-refractivity contribution in [1.29, 1.82) is 0 Å². The molecule has 48 heavy (non-hydrogen) atoms. The average Bonchev–Trinajstić information content (AvgIpc) is 3.05. The van der Waals surface area contributed by atoms with Crippen molar-refractivity contribution in [3.63, 3.8) is 0 Å². The molecule has 0 aliphatic heterocycles. The minimum Gasteiger partial charge on any atom is -0.462 e. The van der Waals surface area contributed by atoms with Crippen LogP contribution in [-0.4, -0.2) is 41.0 Å². The van der Waals surface area contributed by atoms with Crippen molar-refractivity contribution >= 4 is 19.8 Å². The van der Waals surface area contributed by atoms with E-state index in [1.54, 1.807) is 0 Å². The van der Waals surface area contributed by atoms with E-state index in [1.807, 2.05) is 0 Å². The lowest BCUT2D eigenvalue weighted by atomic mass is 10.0. The molecule has 0 rings (SSSR count). The maximum Gasteiger partial charge on any atom is 0.469 e. The molecule has 0 amide bonds. The van der Waals surface area contributed by atoms with E-state index >= 15 is 0 Å². The average molecular weight is 703 g/mol. The highest BCUT2D eigenvalue weighted by atomic mass is 31.2. The van der Waals surface area contributed by atoms with E-state index in [9.17, 15) is 14.2 Å². The van der Waals surface area contributed by atoms with Gasteiger partial charge in [-0.2, -0.15) is 0 Å². The molecule has 0 bridgehead atoms. The van der Waals surface area contributed by atoms with Crippen LogP contribution in [0.2, 0.25) is 0 Å². The molecule has 0 saturated heterocycles. The van der Waals surface area contributed by atoms with Gasteiger partial charge in [0.15, 0.2) is 6.10 Å². The van der Waals surface area contributed by atoms with Crippen LogP contribution in [-0.2, 0) is 28.2 Å². The van der Waals surface area contributed by atoms with Crippen molar-refractivity contribution in [3.8, 4) is 0 Å². The van der Waals surface area contributed by atoms with Crippen LogP contribution in [0, 0.1) is 0 Å². The molecule has 0 aliphatic rings. The van der Waals surface area contributed by atoms with E-state index in [0.29, 0.717) is 6.42 Å². The lowest BCUT2D eigenvalue weighted by Crippen LogP contribution is -2.29. The van der Waals surface area contributed by atoms with Gasteiger partial charge in [0.1, 0.15) is 6.61 Å². The lowest BCUT2D eigenvalue weighted by molar-refractivity contribution is -0.161. The molecule has 0 unspecified atom stereocenters. The van der Waals surface area contributed by atoms with Crippen LogP contribution in [0.5, 0.6) is 0 Å². The Morgan fingerprint density at radius 2 is 0.875 bits per heavy atom. The Morgan fingerprint density at radius 1 is 0.521 bits per heavy atom. The van der Waals surface area contributed by atoms with Crippen LogP contribution < -0.4 is 0 Å². The van der Waals surface area contributed by atoms with E-state index < -0.39 is 32.5 Å². The minimum absolute atomic E-state index is 0.216. The van der Waals surface area contributed by atoms with Crippen molar-refractivity contribution in [2.24, 2.45) is 0 Å². The zero-order valence-electron chi connectivity index (χ0n) is 31.2. The Morgan fingerprint density at radius 3 is 1.27 bits per heavy atom. The van der Waals surface area contributed by atoms with Gasteiger partial charge < -0.3 is 19.3 Å². The summed E-state index contributed by atoms with van der Waals surface area (Å²) in [6.45, 7) is 3.66. The Bertz CT molecular complexity index is 797. The monoisotopic (exact) mass is 703 g/mol. The number of rotatable bonds is 37. The van der Waals surface area contributed by atoms with Gasteiger partial charge in [0.25, 0.3) is 0 Å². The summed E-state index contributed by atoms with van der Waals surface area (Å²) in [5, 5.41) is 0. The standard InChI is InChI=1S/C39H75O8P/c1-3-5-7-9-11-13-14-15-16-17-18-19-20-21-22-23-24-26-27-29-31-33-38(40)45-35-37(36-46-48(42,43)44)47-39(41)34-32-30-28-25-12-10-8-6-4-2/h15-16,37H,3-14,17-36H2,1-2H3,(H2,42,43,44)/b16-15-/t37-/m1/s1. The number of phosphoric acid groups is 1. The Kier molecular flexibility index (Phi) is 34.7. The number of carbonyl (C=O) groups is 2. The highest BCUT2D eigenvalue weighted by Gasteiger charge is 2.22. The first-order valence-corrected chi connectivity index (χ1v) is 21.5. The van der Waals surface area contributed by atoms with Crippen LogP contribution in [0.25, 0.3) is 0 Å². The summed E-state index contributed by atoms with van der Waals surface area (Å²) in [5.74, 6) is -0.880. The molecule has 0 aliphatic carbocycles. The van der Waals surface area contributed by atoms with Crippen LogP contribution >= 0.6 is 7.82 Å². The molecule has 9 heteroatoms. The fraction of sp³-hybridized carbons (Fsp3) is 0.897. The SMILES string of the molecule is CCCCCCCC/C=C\CCCCCCCCCCCCCC(=O)OC[C@H](COP(=O)(O)O)OC(=O)CCCCCCCCCCC. The van der Waals surface area contributed by atoms with Gasteiger partial charge in [-0.15, -0.1) is 0 Å². The molecular weight excluding hydrogens is 627 g/mol. The predicted molar refractivity (Wildman–Crippen MR) is 198 cm³/mol. The number of unbranched alkanes of at least 4 members (excludes halogenated alkanes) is 25. The number of ether oxygens (including phenoxy) is 2. The molecule has 0 fully saturated rings. The molecule has 0 saturated carbocycles. The minimum atomic E-state index is -4.74. The van der Waals surface area contributed by atoms with E-state index in [1.165, 1.54) is 135 Å². The zero-order valence-corrected chi connectivity index (χ0v) is 32.0. The molecule has 284 valence electrons. The first-order valence-electron chi connectivity index (χ1n) is 20.0. The van der Waals surface area contributed by atoms with Crippen LogP contribution in [0.1, 0.15) is 206 Å². The molecule has 1 atom stereocenters. The van der Waals surface area contributed by atoms with Gasteiger partial charge >= 0.3 is 19.8 Å². The van der Waals surface area contributed by atoms with Crippen LogP contribution in [0.15, 0.2) is 12.2 Å². The van der Waals surface area contributed by atoms with Gasteiger partial charge in [-0.25, -0.2) is 4.57 Å². The summed E-state index contributed by atoms with van der Waals surface area (Å²) in [6.07, 6.45) is 38.1. The summed E-state index contributed by atoms with van der Waals surface area (Å²) in [5.41, 5.74) is 0. The van der Waals surface area contributed by atoms with E-state index in [2.05, 4.69) is 30.5 Å². The first-order chi connectivity index (χ1) is 23.3. The largest absolute Gasteiger partial charge is 0.469 e. The summed E-state index contributed by atoms with van der Waals surface area (Å²) in [6, 6.07) is 0. The normalized spacial score (nSPS) is 12.5. The molecule has 8 nitrogen and oxygen atoms in total. The van der Waals surface area contributed by atoms with Gasteiger partial charge in [0, 0.05) is 12.8 Å². The number of hydrogen-bond acceptors (Lipinski definition) is 6. The summed E-state index contributed by atoms with van der Waals surface area (Å²) < 4.78 is 26.3. The number of hydrogen-bond donors (Lipinski definition) is 2. The molecular formula is C39H75O8P.